The molecule has 0 heterocycles. The van der Waals surface area contributed by atoms with Gasteiger partial charge in [0.05, 0.1) is 0 Å². The maximum Gasteiger partial charge on any atom is 0.00651 e. The zero-order valence-electron chi connectivity index (χ0n) is 7.98. The zero-order chi connectivity index (χ0) is 8.60. The van der Waals surface area contributed by atoms with Crippen molar-refractivity contribution in [3.63, 3.8) is 0 Å². The molecule has 0 aromatic rings. The number of halogens is 1. The molecular formula is C11H19Br. The second-order valence-corrected chi connectivity index (χ2v) is 5.54. The predicted molar refractivity (Wildman–Crippen MR) is 56.6 cm³/mol. The molecule has 0 saturated heterocycles. The molecule has 2 fully saturated rings. The van der Waals surface area contributed by atoms with Crippen LogP contribution >= 0.6 is 15.9 Å². The number of alkyl halides is 1. The third-order valence-corrected chi connectivity index (χ3v) is 4.96. The van der Waals surface area contributed by atoms with E-state index in [0.717, 1.165) is 17.3 Å². The molecule has 0 bridgehead atoms. The van der Waals surface area contributed by atoms with Gasteiger partial charge in [-0.25, -0.2) is 0 Å². The van der Waals surface area contributed by atoms with Gasteiger partial charge >= 0.3 is 0 Å². The predicted octanol–water partition coefficient (Wildman–Crippen LogP) is 3.99. The molecule has 2 aliphatic carbocycles. The van der Waals surface area contributed by atoms with Crippen LogP contribution in [0.25, 0.3) is 0 Å². The molecular weight excluding hydrogens is 212 g/mol. The van der Waals surface area contributed by atoms with Crippen molar-refractivity contribution < 1.29 is 0 Å². The molecule has 1 heteroatoms. The SMILES string of the molecule is CC1(C2CCCCC2)CC1CBr. The van der Waals surface area contributed by atoms with Gasteiger partial charge in [0.25, 0.3) is 0 Å². The van der Waals surface area contributed by atoms with E-state index in [4.69, 9.17) is 0 Å². The van der Waals surface area contributed by atoms with E-state index in [0.29, 0.717) is 0 Å². The Hall–Kier alpha value is 0.480. The van der Waals surface area contributed by atoms with Gasteiger partial charge in [-0.15, -0.1) is 0 Å². The van der Waals surface area contributed by atoms with Gasteiger partial charge < -0.3 is 0 Å². The van der Waals surface area contributed by atoms with Crippen molar-refractivity contribution in [1.82, 2.24) is 0 Å². The van der Waals surface area contributed by atoms with E-state index in [1.807, 2.05) is 0 Å². The first-order valence-electron chi connectivity index (χ1n) is 5.33. The Bertz CT molecular complexity index is 160. The highest BCUT2D eigenvalue weighted by Gasteiger charge is 2.53. The van der Waals surface area contributed by atoms with Gasteiger partial charge in [0.15, 0.2) is 0 Å². The van der Waals surface area contributed by atoms with Crippen LogP contribution in [-0.2, 0) is 0 Å². The van der Waals surface area contributed by atoms with E-state index in [-0.39, 0.29) is 0 Å². The molecule has 0 aromatic heterocycles. The van der Waals surface area contributed by atoms with E-state index >= 15 is 0 Å². The Morgan fingerprint density at radius 2 is 1.92 bits per heavy atom. The molecule has 2 unspecified atom stereocenters. The maximum absolute atomic E-state index is 3.62. The van der Waals surface area contributed by atoms with Gasteiger partial charge in [-0.3, -0.25) is 0 Å². The molecule has 12 heavy (non-hydrogen) atoms. The summed E-state index contributed by atoms with van der Waals surface area (Å²) in [6.07, 6.45) is 9.00. The summed E-state index contributed by atoms with van der Waals surface area (Å²) in [4.78, 5) is 0. The van der Waals surface area contributed by atoms with E-state index in [1.54, 1.807) is 0 Å². The highest BCUT2D eigenvalue weighted by atomic mass is 79.9. The lowest BCUT2D eigenvalue weighted by Crippen LogP contribution is -2.18. The van der Waals surface area contributed by atoms with Crippen LogP contribution in [0.4, 0.5) is 0 Å². The lowest BCUT2D eigenvalue weighted by molar-refractivity contribution is 0.231. The summed E-state index contributed by atoms with van der Waals surface area (Å²) in [5.74, 6) is 2.06. The van der Waals surface area contributed by atoms with E-state index < -0.39 is 0 Å². The van der Waals surface area contributed by atoms with Crippen LogP contribution in [0.1, 0.15) is 45.4 Å². The minimum absolute atomic E-state index is 0.740. The first kappa shape index (κ1) is 9.05. The fourth-order valence-corrected chi connectivity index (χ4v) is 3.93. The lowest BCUT2D eigenvalue weighted by atomic mass is 9.78. The summed E-state index contributed by atoms with van der Waals surface area (Å²) >= 11 is 3.62. The van der Waals surface area contributed by atoms with Gasteiger partial charge in [-0.1, -0.05) is 42.1 Å². The van der Waals surface area contributed by atoms with Gasteiger partial charge in [0.1, 0.15) is 0 Å². The molecule has 2 saturated carbocycles. The van der Waals surface area contributed by atoms with Gasteiger partial charge in [0.2, 0.25) is 0 Å². The largest absolute Gasteiger partial charge is 0.0925 e. The van der Waals surface area contributed by atoms with E-state index in [2.05, 4.69) is 22.9 Å². The maximum atomic E-state index is 3.62. The summed E-state index contributed by atoms with van der Waals surface area (Å²) in [5, 5.41) is 1.24. The molecule has 0 radical (unpaired) electrons. The van der Waals surface area contributed by atoms with Crippen molar-refractivity contribution in [2.45, 2.75) is 45.4 Å². The molecule has 70 valence electrons. The minimum atomic E-state index is 0.740. The first-order valence-corrected chi connectivity index (χ1v) is 6.45. The number of rotatable bonds is 2. The third-order valence-electron chi connectivity index (χ3n) is 4.18. The molecule has 0 aromatic carbocycles. The van der Waals surface area contributed by atoms with Crippen molar-refractivity contribution in [3.8, 4) is 0 Å². The smallest absolute Gasteiger partial charge is 0.00651 e. The molecule has 0 N–H and O–H groups in total. The zero-order valence-corrected chi connectivity index (χ0v) is 9.57. The summed E-state index contributed by atoms with van der Waals surface area (Å²) in [6.45, 7) is 2.51. The first-order chi connectivity index (χ1) is 5.77. The Kier molecular flexibility index (Phi) is 2.51. The normalized spacial score (nSPS) is 43.0. The second kappa shape index (κ2) is 3.32. The summed E-state index contributed by atoms with van der Waals surface area (Å²) < 4.78 is 0. The molecule has 2 rings (SSSR count). The highest BCUT2D eigenvalue weighted by molar-refractivity contribution is 9.09. The van der Waals surface area contributed by atoms with Crippen molar-refractivity contribution in [2.24, 2.45) is 17.3 Å². The quantitative estimate of drug-likeness (QED) is 0.630. The third kappa shape index (κ3) is 1.45. The van der Waals surface area contributed by atoms with E-state index in [9.17, 15) is 0 Å². The van der Waals surface area contributed by atoms with Crippen LogP contribution < -0.4 is 0 Å². The van der Waals surface area contributed by atoms with Gasteiger partial charge in [-0.2, -0.15) is 0 Å². The van der Waals surface area contributed by atoms with Crippen molar-refractivity contribution in [1.29, 1.82) is 0 Å². The second-order valence-electron chi connectivity index (χ2n) is 4.90. The van der Waals surface area contributed by atoms with Crippen molar-refractivity contribution in [3.05, 3.63) is 0 Å². The molecule has 0 nitrogen and oxygen atoms in total. The summed E-state index contributed by atoms with van der Waals surface area (Å²) in [6, 6.07) is 0. The van der Waals surface area contributed by atoms with Crippen molar-refractivity contribution in [2.75, 3.05) is 5.33 Å². The highest BCUT2D eigenvalue weighted by Crippen LogP contribution is 2.61. The minimum Gasteiger partial charge on any atom is -0.0925 e. The van der Waals surface area contributed by atoms with Crippen molar-refractivity contribution >= 4 is 15.9 Å². The van der Waals surface area contributed by atoms with E-state index in [1.165, 1.54) is 43.9 Å². The average Bonchev–Trinajstić information content (AvgIpc) is 2.81. The van der Waals surface area contributed by atoms with Gasteiger partial charge in [-0.05, 0) is 36.5 Å². The summed E-state index contributed by atoms with van der Waals surface area (Å²) in [7, 11) is 0. The summed E-state index contributed by atoms with van der Waals surface area (Å²) in [5.41, 5.74) is 0.740. The molecule has 0 spiro atoms. The fourth-order valence-electron chi connectivity index (χ4n) is 2.96. The molecule has 2 aliphatic rings. The standard InChI is InChI=1S/C11H19Br/c1-11(7-10(11)8-12)9-5-3-2-4-6-9/h9-10H,2-8H2,1H3. The Balaban J connectivity index is 1.91. The fraction of sp³-hybridized carbons (Fsp3) is 1.00. The molecule has 0 aliphatic heterocycles. The average molecular weight is 231 g/mol. The van der Waals surface area contributed by atoms with Gasteiger partial charge in [0, 0.05) is 5.33 Å². The molecule has 0 amide bonds. The Morgan fingerprint density at radius 3 is 2.42 bits per heavy atom. The molecule has 2 atom stereocenters. The van der Waals surface area contributed by atoms with Crippen LogP contribution in [0.2, 0.25) is 0 Å². The lowest BCUT2D eigenvalue weighted by Gasteiger charge is -2.28. The number of hydrogen-bond donors (Lipinski definition) is 0. The Labute approximate surface area is 84.2 Å². The van der Waals surface area contributed by atoms with Crippen LogP contribution in [0.15, 0.2) is 0 Å². The van der Waals surface area contributed by atoms with Crippen LogP contribution in [0.3, 0.4) is 0 Å². The van der Waals surface area contributed by atoms with Crippen LogP contribution in [-0.4, -0.2) is 5.33 Å². The Morgan fingerprint density at radius 1 is 1.25 bits per heavy atom. The topological polar surface area (TPSA) is 0 Å². The number of hydrogen-bond acceptors (Lipinski definition) is 0. The monoisotopic (exact) mass is 230 g/mol. The van der Waals surface area contributed by atoms with Crippen LogP contribution in [0, 0.1) is 17.3 Å². The van der Waals surface area contributed by atoms with Crippen LogP contribution in [0.5, 0.6) is 0 Å².